The fraction of sp³-hybridized carbons (Fsp3) is 1.00. The molecule has 0 aliphatic carbocycles. The van der Waals surface area contributed by atoms with E-state index in [-0.39, 0.29) is 6.10 Å². The van der Waals surface area contributed by atoms with Gasteiger partial charge in [0.1, 0.15) is 0 Å². The minimum absolute atomic E-state index is 0.210. The summed E-state index contributed by atoms with van der Waals surface area (Å²) in [6.07, 6.45) is 0.191. The summed E-state index contributed by atoms with van der Waals surface area (Å²) in [6.45, 7) is 4.53. The van der Waals surface area contributed by atoms with E-state index in [1.165, 1.54) is 0 Å². The highest BCUT2D eigenvalue weighted by Crippen LogP contribution is 2.10. The van der Waals surface area contributed by atoms with Crippen LogP contribution in [0.25, 0.3) is 0 Å². The molecule has 10 heavy (non-hydrogen) atoms. The largest absolute Gasteiger partial charge is 0.392 e. The Morgan fingerprint density at radius 1 is 1.70 bits per heavy atom. The van der Waals surface area contributed by atoms with E-state index in [9.17, 15) is 0 Å². The summed E-state index contributed by atoms with van der Waals surface area (Å²) in [6, 6.07) is 0. The lowest BCUT2D eigenvalue weighted by Gasteiger charge is -2.38. The smallest absolute Gasteiger partial charge is 0.0824 e. The fourth-order valence-corrected chi connectivity index (χ4v) is 1.19. The molecule has 3 heteroatoms. The molecular weight excluding hydrogens is 130 g/mol. The minimum Gasteiger partial charge on any atom is -0.392 e. The molecule has 1 atom stereocenters. The Labute approximate surface area is 61.6 Å². The van der Waals surface area contributed by atoms with Crippen LogP contribution in [0.1, 0.15) is 6.92 Å². The van der Waals surface area contributed by atoms with Crippen LogP contribution >= 0.6 is 0 Å². The average Bonchev–Trinajstić information content (AvgIpc) is 1.76. The minimum atomic E-state index is -0.210. The lowest BCUT2D eigenvalue weighted by Crippen LogP contribution is -2.53. The summed E-state index contributed by atoms with van der Waals surface area (Å²) in [4.78, 5) is 2.18. The summed E-state index contributed by atoms with van der Waals surface area (Å²) in [5, 5.41) is 8.96. The van der Waals surface area contributed by atoms with Crippen LogP contribution < -0.4 is 0 Å². The van der Waals surface area contributed by atoms with E-state index < -0.39 is 0 Å². The lowest BCUT2D eigenvalue weighted by atomic mass is 10.1. The zero-order valence-electron chi connectivity index (χ0n) is 6.58. The van der Waals surface area contributed by atoms with Gasteiger partial charge in [0.25, 0.3) is 0 Å². The van der Waals surface area contributed by atoms with Crippen LogP contribution in [0.3, 0.4) is 0 Å². The number of aliphatic hydroxyl groups is 1. The summed E-state index contributed by atoms with van der Waals surface area (Å²) in [5.41, 5.74) is 0. The summed E-state index contributed by atoms with van der Waals surface area (Å²) in [7, 11) is 1.73. The number of likely N-dealkylation sites (tertiary alicyclic amines) is 1. The first-order chi connectivity index (χ1) is 4.72. The maximum absolute atomic E-state index is 8.96. The summed E-state index contributed by atoms with van der Waals surface area (Å²) in [5.74, 6) is 0. The van der Waals surface area contributed by atoms with Gasteiger partial charge in [0.15, 0.2) is 0 Å². The Kier molecular flexibility index (Phi) is 2.65. The van der Waals surface area contributed by atoms with Crippen molar-refractivity contribution < 1.29 is 9.84 Å². The fourth-order valence-electron chi connectivity index (χ4n) is 1.19. The van der Waals surface area contributed by atoms with Gasteiger partial charge in [-0.3, -0.25) is 4.90 Å². The van der Waals surface area contributed by atoms with Crippen molar-refractivity contribution in [1.29, 1.82) is 0 Å². The van der Waals surface area contributed by atoms with Gasteiger partial charge in [0.2, 0.25) is 0 Å². The van der Waals surface area contributed by atoms with Gasteiger partial charge in [-0.25, -0.2) is 0 Å². The Morgan fingerprint density at radius 3 is 2.70 bits per heavy atom. The predicted molar refractivity (Wildman–Crippen MR) is 38.9 cm³/mol. The monoisotopic (exact) mass is 145 g/mol. The van der Waals surface area contributed by atoms with E-state index in [1.54, 1.807) is 14.0 Å². The molecule has 0 radical (unpaired) electrons. The Balaban J connectivity index is 2.03. The van der Waals surface area contributed by atoms with Gasteiger partial charge in [-0.05, 0) is 6.92 Å². The van der Waals surface area contributed by atoms with Gasteiger partial charge in [0, 0.05) is 26.7 Å². The number of hydrogen-bond donors (Lipinski definition) is 1. The van der Waals surface area contributed by atoms with Gasteiger partial charge < -0.3 is 9.84 Å². The zero-order valence-corrected chi connectivity index (χ0v) is 6.58. The van der Waals surface area contributed by atoms with Gasteiger partial charge in [-0.15, -0.1) is 0 Å². The van der Waals surface area contributed by atoms with Crippen LogP contribution in [0, 0.1) is 0 Å². The molecule has 1 aliphatic heterocycles. The molecule has 0 aromatic rings. The normalized spacial score (nSPS) is 24.3. The second-order valence-corrected chi connectivity index (χ2v) is 2.93. The first-order valence-electron chi connectivity index (χ1n) is 3.65. The maximum Gasteiger partial charge on any atom is 0.0824 e. The number of ether oxygens (including phenoxy) is 1. The number of rotatable bonds is 3. The summed E-state index contributed by atoms with van der Waals surface area (Å²) >= 11 is 0. The molecule has 0 aromatic carbocycles. The second-order valence-electron chi connectivity index (χ2n) is 2.93. The maximum atomic E-state index is 8.96. The van der Waals surface area contributed by atoms with E-state index in [1.807, 2.05) is 0 Å². The molecule has 1 heterocycles. The Bertz CT molecular complexity index is 99.8. The van der Waals surface area contributed by atoms with Gasteiger partial charge in [-0.1, -0.05) is 0 Å². The van der Waals surface area contributed by atoms with Crippen LogP contribution in [0.2, 0.25) is 0 Å². The van der Waals surface area contributed by atoms with Gasteiger partial charge >= 0.3 is 0 Å². The van der Waals surface area contributed by atoms with Crippen molar-refractivity contribution in [2.75, 3.05) is 26.7 Å². The molecule has 0 aromatic heterocycles. The first-order valence-corrected chi connectivity index (χ1v) is 3.65. The van der Waals surface area contributed by atoms with Crippen molar-refractivity contribution in [2.45, 2.75) is 19.1 Å². The molecule has 0 unspecified atom stereocenters. The molecule has 0 saturated carbocycles. The van der Waals surface area contributed by atoms with Crippen LogP contribution in [-0.4, -0.2) is 49.0 Å². The molecule has 60 valence electrons. The molecule has 3 nitrogen and oxygen atoms in total. The van der Waals surface area contributed by atoms with Crippen molar-refractivity contribution in [2.24, 2.45) is 0 Å². The SMILES string of the molecule is COC1CN(C[C@H](C)O)C1. The van der Waals surface area contributed by atoms with E-state index in [4.69, 9.17) is 9.84 Å². The number of methoxy groups -OCH3 is 1. The molecule has 0 spiro atoms. The third-order valence-corrected chi connectivity index (χ3v) is 1.78. The first kappa shape index (κ1) is 7.98. The third kappa shape index (κ3) is 1.94. The summed E-state index contributed by atoms with van der Waals surface area (Å²) < 4.78 is 5.07. The van der Waals surface area contributed by atoms with Crippen molar-refractivity contribution >= 4 is 0 Å². The van der Waals surface area contributed by atoms with E-state index >= 15 is 0 Å². The molecule has 1 rings (SSSR count). The zero-order chi connectivity index (χ0) is 7.56. The topological polar surface area (TPSA) is 32.7 Å². The number of aliphatic hydroxyl groups excluding tert-OH is 1. The number of nitrogens with zero attached hydrogens (tertiary/aromatic N) is 1. The predicted octanol–water partition coefficient (Wildman–Crippen LogP) is -0.302. The lowest BCUT2D eigenvalue weighted by molar-refractivity contribution is -0.0438. The highest BCUT2D eigenvalue weighted by molar-refractivity contribution is 4.80. The Morgan fingerprint density at radius 2 is 2.30 bits per heavy atom. The highest BCUT2D eigenvalue weighted by Gasteiger charge is 2.26. The molecule has 1 saturated heterocycles. The van der Waals surface area contributed by atoms with Crippen molar-refractivity contribution in [3.05, 3.63) is 0 Å². The van der Waals surface area contributed by atoms with Crippen LogP contribution in [0.4, 0.5) is 0 Å². The third-order valence-electron chi connectivity index (χ3n) is 1.78. The van der Waals surface area contributed by atoms with Gasteiger partial charge in [-0.2, -0.15) is 0 Å². The standard InChI is InChI=1S/C7H15NO2/c1-6(9)3-8-4-7(5-8)10-2/h6-7,9H,3-5H2,1-2H3/t6-/m0/s1. The molecule has 0 amide bonds. The second kappa shape index (κ2) is 3.32. The van der Waals surface area contributed by atoms with Crippen molar-refractivity contribution in [3.63, 3.8) is 0 Å². The Hall–Kier alpha value is -0.120. The van der Waals surface area contributed by atoms with Crippen molar-refractivity contribution in [1.82, 2.24) is 4.90 Å². The van der Waals surface area contributed by atoms with Crippen LogP contribution in [0.5, 0.6) is 0 Å². The molecule has 0 bridgehead atoms. The van der Waals surface area contributed by atoms with E-state index in [2.05, 4.69) is 4.90 Å². The molecule has 1 aliphatic rings. The van der Waals surface area contributed by atoms with E-state index in [0.717, 1.165) is 19.6 Å². The quantitative estimate of drug-likeness (QED) is 0.591. The van der Waals surface area contributed by atoms with E-state index in [0.29, 0.717) is 6.10 Å². The molecule has 1 fully saturated rings. The number of β-amino-alcohol motifs (C(OH)–C–C–N with tert-alkyl or cyclic N) is 1. The van der Waals surface area contributed by atoms with Crippen LogP contribution in [-0.2, 0) is 4.74 Å². The van der Waals surface area contributed by atoms with Gasteiger partial charge in [0.05, 0.1) is 12.2 Å². The van der Waals surface area contributed by atoms with Crippen LogP contribution in [0.15, 0.2) is 0 Å². The average molecular weight is 145 g/mol. The molecular formula is C7H15NO2. The highest BCUT2D eigenvalue weighted by atomic mass is 16.5. The van der Waals surface area contributed by atoms with Crippen molar-refractivity contribution in [3.8, 4) is 0 Å². The number of hydrogen-bond acceptors (Lipinski definition) is 3. The molecule has 1 N–H and O–H groups in total.